The summed E-state index contributed by atoms with van der Waals surface area (Å²) in [5, 5.41) is 0. The molecule has 1 aliphatic heterocycles. The predicted molar refractivity (Wildman–Crippen MR) is 53.3 cm³/mol. The van der Waals surface area contributed by atoms with Gasteiger partial charge in [-0.3, -0.25) is 9.78 Å². The van der Waals surface area contributed by atoms with Crippen LogP contribution < -0.4 is 5.73 Å². The summed E-state index contributed by atoms with van der Waals surface area (Å²) in [6, 6.07) is 3.60. The van der Waals surface area contributed by atoms with Crippen LogP contribution in [0.1, 0.15) is 18.5 Å². The zero-order chi connectivity index (χ0) is 9.97. The summed E-state index contributed by atoms with van der Waals surface area (Å²) in [4.78, 5) is 17.3. The van der Waals surface area contributed by atoms with Crippen molar-refractivity contribution < 1.29 is 4.79 Å². The van der Waals surface area contributed by atoms with Gasteiger partial charge in [0, 0.05) is 19.2 Å². The standard InChI is InChI=1S/C10H13N3O/c11-8-3-1-5-12-9(8)7-13-6-2-4-10(13)14/h1,3,5H,2,4,6-7,11H2. The molecule has 4 nitrogen and oxygen atoms in total. The number of amides is 1. The first-order valence-corrected chi connectivity index (χ1v) is 4.74. The van der Waals surface area contributed by atoms with Crippen molar-refractivity contribution in [3.8, 4) is 0 Å². The average molecular weight is 191 g/mol. The van der Waals surface area contributed by atoms with Gasteiger partial charge >= 0.3 is 0 Å². The van der Waals surface area contributed by atoms with E-state index in [2.05, 4.69) is 4.98 Å². The topological polar surface area (TPSA) is 59.2 Å². The van der Waals surface area contributed by atoms with Crippen LogP contribution in [-0.2, 0) is 11.3 Å². The molecule has 74 valence electrons. The van der Waals surface area contributed by atoms with E-state index in [1.807, 2.05) is 6.07 Å². The van der Waals surface area contributed by atoms with Crippen molar-refractivity contribution in [1.29, 1.82) is 0 Å². The first-order chi connectivity index (χ1) is 6.77. The van der Waals surface area contributed by atoms with Gasteiger partial charge in [0.2, 0.25) is 5.91 Å². The third kappa shape index (κ3) is 1.69. The van der Waals surface area contributed by atoms with Crippen LogP contribution in [0.4, 0.5) is 5.69 Å². The minimum absolute atomic E-state index is 0.204. The number of pyridine rings is 1. The Hall–Kier alpha value is -1.58. The van der Waals surface area contributed by atoms with Gasteiger partial charge in [-0.05, 0) is 18.6 Å². The number of nitrogens with two attached hydrogens (primary N) is 1. The highest BCUT2D eigenvalue weighted by Gasteiger charge is 2.20. The predicted octanol–water partition coefficient (Wildman–Crippen LogP) is 0.786. The van der Waals surface area contributed by atoms with Gasteiger partial charge in [-0.1, -0.05) is 0 Å². The highest BCUT2D eigenvalue weighted by Crippen LogP contribution is 2.16. The van der Waals surface area contributed by atoms with Gasteiger partial charge in [0.05, 0.1) is 17.9 Å². The summed E-state index contributed by atoms with van der Waals surface area (Å²) in [5.74, 6) is 0.204. The number of nitrogen functional groups attached to an aromatic ring is 1. The number of likely N-dealkylation sites (tertiary alicyclic amines) is 1. The molecule has 1 aromatic heterocycles. The Labute approximate surface area is 82.7 Å². The maximum atomic E-state index is 11.3. The first kappa shape index (κ1) is 8.99. The molecule has 0 radical (unpaired) electrons. The summed E-state index contributed by atoms with van der Waals surface area (Å²) in [6.45, 7) is 1.38. The van der Waals surface area contributed by atoms with Gasteiger partial charge in [-0.25, -0.2) is 0 Å². The fraction of sp³-hybridized carbons (Fsp3) is 0.400. The molecule has 0 atom stereocenters. The zero-order valence-electron chi connectivity index (χ0n) is 7.94. The summed E-state index contributed by atoms with van der Waals surface area (Å²) in [6.07, 6.45) is 3.31. The maximum Gasteiger partial charge on any atom is 0.222 e. The van der Waals surface area contributed by atoms with E-state index < -0.39 is 0 Å². The van der Waals surface area contributed by atoms with Gasteiger partial charge < -0.3 is 10.6 Å². The van der Waals surface area contributed by atoms with Crippen molar-refractivity contribution in [2.75, 3.05) is 12.3 Å². The van der Waals surface area contributed by atoms with Crippen molar-refractivity contribution in [2.45, 2.75) is 19.4 Å². The molecule has 2 N–H and O–H groups in total. The molecular weight excluding hydrogens is 178 g/mol. The van der Waals surface area contributed by atoms with Crippen molar-refractivity contribution in [3.63, 3.8) is 0 Å². The SMILES string of the molecule is Nc1cccnc1CN1CCCC1=O. The lowest BCUT2D eigenvalue weighted by Gasteiger charge is -2.15. The number of nitrogens with zero attached hydrogens (tertiary/aromatic N) is 2. The number of carbonyl (C=O) groups is 1. The van der Waals surface area contributed by atoms with E-state index in [1.165, 1.54) is 0 Å². The van der Waals surface area contributed by atoms with E-state index in [-0.39, 0.29) is 5.91 Å². The average Bonchev–Trinajstić information content (AvgIpc) is 2.56. The van der Waals surface area contributed by atoms with E-state index in [1.54, 1.807) is 17.2 Å². The van der Waals surface area contributed by atoms with Crippen LogP contribution in [0.3, 0.4) is 0 Å². The quantitative estimate of drug-likeness (QED) is 0.751. The Bertz CT molecular complexity index is 351. The van der Waals surface area contributed by atoms with Crippen LogP contribution in [0, 0.1) is 0 Å². The summed E-state index contributed by atoms with van der Waals surface area (Å²) < 4.78 is 0. The van der Waals surface area contributed by atoms with Crippen molar-refractivity contribution in [1.82, 2.24) is 9.88 Å². The summed E-state index contributed by atoms with van der Waals surface area (Å²) >= 11 is 0. The molecule has 2 rings (SSSR count). The van der Waals surface area contributed by atoms with E-state index in [0.29, 0.717) is 18.7 Å². The first-order valence-electron chi connectivity index (χ1n) is 4.74. The Morgan fingerprint density at radius 3 is 3.07 bits per heavy atom. The molecule has 2 heterocycles. The van der Waals surface area contributed by atoms with Crippen LogP contribution in [0.25, 0.3) is 0 Å². The molecule has 1 saturated heterocycles. The number of rotatable bonds is 2. The van der Waals surface area contributed by atoms with Gasteiger partial charge in [0.1, 0.15) is 0 Å². The molecule has 14 heavy (non-hydrogen) atoms. The lowest BCUT2D eigenvalue weighted by molar-refractivity contribution is -0.128. The minimum atomic E-state index is 0.204. The Balaban J connectivity index is 2.10. The third-order valence-corrected chi connectivity index (χ3v) is 2.44. The van der Waals surface area contributed by atoms with Crippen molar-refractivity contribution in [2.24, 2.45) is 0 Å². The number of hydrogen-bond donors (Lipinski definition) is 1. The molecule has 0 saturated carbocycles. The van der Waals surface area contributed by atoms with Crippen LogP contribution in [0.15, 0.2) is 18.3 Å². The van der Waals surface area contributed by atoms with Crippen molar-refractivity contribution >= 4 is 11.6 Å². The number of hydrogen-bond acceptors (Lipinski definition) is 3. The highest BCUT2D eigenvalue weighted by atomic mass is 16.2. The van der Waals surface area contributed by atoms with Gasteiger partial charge in [0.25, 0.3) is 0 Å². The van der Waals surface area contributed by atoms with Crippen LogP contribution in [0.5, 0.6) is 0 Å². The van der Waals surface area contributed by atoms with Gasteiger partial charge in [-0.2, -0.15) is 0 Å². The molecule has 0 spiro atoms. The molecule has 1 fully saturated rings. The smallest absolute Gasteiger partial charge is 0.222 e. The molecule has 0 unspecified atom stereocenters. The normalized spacial score (nSPS) is 16.3. The van der Waals surface area contributed by atoms with E-state index in [0.717, 1.165) is 18.7 Å². The number of aromatic nitrogens is 1. The molecule has 0 aliphatic carbocycles. The molecule has 1 aliphatic rings. The molecule has 0 bridgehead atoms. The largest absolute Gasteiger partial charge is 0.397 e. The molecule has 1 aromatic rings. The van der Waals surface area contributed by atoms with Crippen molar-refractivity contribution in [3.05, 3.63) is 24.0 Å². The molecule has 0 aromatic carbocycles. The second-order valence-corrected chi connectivity index (χ2v) is 3.46. The Kier molecular flexibility index (Phi) is 2.35. The number of carbonyl (C=O) groups excluding carboxylic acids is 1. The Morgan fingerprint density at radius 2 is 2.43 bits per heavy atom. The molecule has 4 heteroatoms. The lowest BCUT2D eigenvalue weighted by Crippen LogP contribution is -2.24. The van der Waals surface area contributed by atoms with E-state index in [9.17, 15) is 4.79 Å². The van der Waals surface area contributed by atoms with E-state index >= 15 is 0 Å². The van der Waals surface area contributed by atoms with Gasteiger partial charge in [-0.15, -0.1) is 0 Å². The maximum absolute atomic E-state index is 11.3. The van der Waals surface area contributed by atoms with Crippen LogP contribution in [-0.4, -0.2) is 22.3 Å². The fourth-order valence-corrected chi connectivity index (χ4v) is 1.63. The summed E-state index contributed by atoms with van der Waals surface area (Å²) in [7, 11) is 0. The minimum Gasteiger partial charge on any atom is -0.397 e. The van der Waals surface area contributed by atoms with Crippen LogP contribution in [0.2, 0.25) is 0 Å². The third-order valence-electron chi connectivity index (χ3n) is 2.44. The van der Waals surface area contributed by atoms with Crippen LogP contribution >= 0.6 is 0 Å². The molecule has 1 amide bonds. The molecular formula is C10H13N3O. The van der Waals surface area contributed by atoms with E-state index in [4.69, 9.17) is 5.73 Å². The second kappa shape index (κ2) is 3.65. The Morgan fingerprint density at radius 1 is 1.57 bits per heavy atom. The monoisotopic (exact) mass is 191 g/mol. The highest BCUT2D eigenvalue weighted by molar-refractivity contribution is 5.78. The zero-order valence-corrected chi connectivity index (χ0v) is 7.94. The number of anilines is 1. The second-order valence-electron chi connectivity index (χ2n) is 3.46. The fourth-order valence-electron chi connectivity index (χ4n) is 1.63. The lowest BCUT2D eigenvalue weighted by atomic mass is 10.3. The summed E-state index contributed by atoms with van der Waals surface area (Å²) in [5.41, 5.74) is 7.20. The van der Waals surface area contributed by atoms with Gasteiger partial charge in [0.15, 0.2) is 0 Å².